The zero-order valence-electron chi connectivity index (χ0n) is 15.2. The Hall–Kier alpha value is -1.89. The summed E-state index contributed by atoms with van der Waals surface area (Å²) in [6, 6.07) is 1.38. The zero-order valence-corrected chi connectivity index (χ0v) is 16.8. The smallest absolute Gasteiger partial charge is 0.373 e. The first kappa shape index (κ1) is 23.4. The maximum absolute atomic E-state index is 14.4. The van der Waals surface area contributed by atoms with Gasteiger partial charge in [0.2, 0.25) is 5.60 Å². The lowest BCUT2D eigenvalue weighted by atomic mass is 10.1. The molecule has 1 aliphatic rings. The van der Waals surface area contributed by atoms with Crippen LogP contribution < -0.4 is 11.1 Å². The van der Waals surface area contributed by atoms with Crippen LogP contribution in [0.25, 0.3) is 0 Å². The first-order valence-electron chi connectivity index (χ1n) is 8.02. The number of rotatable bonds is 5. The summed E-state index contributed by atoms with van der Waals surface area (Å²) in [5.41, 5.74) is 1.46. The minimum Gasteiger partial charge on any atom is -0.373 e. The van der Waals surface area contributed by atoms with E-state index in [0.717, 1.165) is 23.9 Å². The highest BCUT2D eigenvalue weighted by atomic mass is 32.3. The van der Waals surface area contributed by atoms with Crippen molar-refractivity contribution in [3.8, 4) is 0 Å². The molecule has 0 aromatic heterocycles. The van der Waals surface area contributed by atoms with Crippen molar-refractivity contribution in [2.45, 2.75) is 33.7 Å². The number of carbonyl (C=O) groups is 1. The number of anilines is 1. The van der Waals surface area contributed by atoms with E-state index < -0.39 is 54.0 Å². The Morgan fingerprint density at radius 2 is 1.93 bits per heavy atom. The summed E-state index contributed by atoms with van der Waals surface area (Å²) in [5, 5.41) is 10.9. The zero-order chi connectivity index (χ0) is 22.3. The van der Waals surface area contributed by atoms with Gasteiger partial charge in [0.25, 0.3) is 5.91 Å². The van der Waals surface area contributed by atoms with Gasteiger partial charge in [0, 0.05) is 0 Å². The topological polar surface area (TPSA) is 109 Å². The predicted molar refractivity (Wildman–Crippen MR) is 101 cm³/mol. The number of sulfone groups is 1. The van der Waals surface area contributed by atoms with Crippen molar-refractivity contribution in [2.24, 2.45) is 5.73 Å². The number of nitrogens with two attached hydrogens (primary N) is 1. The molecule has 1 aromatic carbocycles. The Kier molecular flexibility index (Phi) is 6.25. The molecule has 0 bridgehead atoms. The predicted octanol–water partition coefficient (Wildman–Crippen LogP) is 2.36. The van der Waals surface area contributed by atoms with Crippen LogP contribution >= 0.6 is 11.8 Å². The van der Waals surface area contributed by atoms with E-state index in [0.29, 0.717) is 6.07 Å². The Balaban J connectivity index is 2.40. The molecule has 1 aromatic rings. The monoisotopic (exact) mass is 454 g/mol. The van der Waals surface area contributed by atoms with Crippen LogP contribution in [-0.4, -0.2) is 47.6 Å². The molecule has 2 unspecified atom stereocenters. The van der Waals surface area contributed by atoms with Gasteiger partial charge in [-0.1, -0.05) is 24.3 Å². The Bertz CT molecular complexity index is 974. The van der Waals surface area contributed by atoms with Crippen molar-refractivity contribution < 1.29 is 35.9 Å². The highest BCUT2D eigenvalue weighted by molar-refractivity contribution is 8.14. The van der Waals surface area contributed by atoms with Gasteiger partial charge >= 0.3 is 6.18 Å². The lowest BCUT2D eigenvalue weighted by molar-refractivity contribution is -0.242. The first-order valence-corrected chi connectivity index (χ1v) is 10.7. The van der Waals surface area contributed by atoms with E-state index in [9.17, 15) is 35.9 Å². The van der Waals surface area contributed by atoms with Crippen molar-refractivity contribution in [3.63, 3.8) is 0 Å². The molecule has 0 heterocycles. The van der Waals surface area contributed by atoms with Gasteiger partial charge < -0.3 is 16.2 Å². The lowest BCUT2D eigenvalue weighted by Gasteiger charge is -2.34. The molecule has 4 N–H and O–H groups in total. The van der Waals surface area contributed by atoms with Gasteiger partial charge in [0.05, 0.1) is 16.6 Å². The summed E-state index contributed by atoms with van der Waals surface area (Å²) in [5.74, 6) is -3.21. The molecule has 0 radical (unpaired) electrons. The molecule has 0 saturated heterocycles. The Morgan fingerprint density at radius 1 is 1.31 bits per heavy atom. The molecule has 0 fully saturated rings. The van der Waals surface area contributed by atoms with Crippen molar-refractivity contribution in [1.29, 1.82) is 0 Å². The normalized spacial score (nSPS) is 24.2. The molecule has 160 valence electrons. The lowest BCUT2D eigenvalue weighted by Crippen LogP contribution is -2.52. The molecule has 6 nitrogen and oxygen atoms in total. The van der Waals surface area contributed by atoms with Gasteiger partial charge in [-0.25, -0.2) is 12.8 Å². The van der Waals surface area contributed by atoms with E-state index in [1.54, 1.807) is 11.4 Å². The fourth-order valence-electron chi connectivity index (χ4n) is 2.52. The minimum atomic E-state index is -5.29. The number of nitrogens with one attached hydrogen (secondary N) is 1. The number of amides is 1. The third-order valence-corrected chi connectivity index (χ3v) is 8.78. The van der Waals surface area contributed by atoms with Crippen molar-refractivity contribution >= 4 is 33.2 Å². The van der Waals surface area contributed by atoms with Crippen LogP contribution in [0.15, 0.2) is 47.4 Å². The van der Waals surface area contributed by atoms with Gasteiger partial charge in [0.1, 0.15) is 5.82 Å². The number of carbonyl (C=O) groups excluding carboxylic acids is 1. The van der Waals surface area contributed by atoms with E-state index in [1.165, 1.54) is 24.5 Å². The fraction of sp³-hybridized carbons (Fsp3) is 0.353. The Labute approximate surface area is 168 Å². The van der Waals surface area contributed by atoms with Crippen LogP contribution in [0, 0.1) is 5.82 Å². The summed E-state index contributed by atoms with van der Waals surface area (Å²) in [6.07, 6.45) is 2.12. The van der Waals surface area contributed by atoms with Crippen molar-refractivity contribution in [3.05, 3.63) is 48.3 Å². The molecule has 1 amide bonds. The summed E-state index contributed by atoms with van der Waals surface area (Å²) in [7, 11) is -4.22. The van der Waals surface area contributed by atoms with Gasteiger partial charge in [-0.2, -0.15) is 13.2 Å². The SMILES string of the molecule is CSC1(S(=O)(=O)c2ccc(NC(=O)[C@@](C)(O)C(F)(F)F)c(F)c2)C=CC=CC1N. The van der Waals surface area contributed by atoms with Crippen LogP contribution in [0.4, 0.5) is 23.2 Å². The maximum Gasteiger partial charge on any atom is 0.426 e. The number of thioether (sulfide) groups is 1. The quantitative estimate of drug-likeness (QED) is 0.590. The minimum absolute atomic E-state index is 0.214. The molecule has 12 heteroatoms. The largest absolute Gasteiger partial charge is 0.426 e. The number of hydrogen-bond donors (Lipinski definition) is 3. The molecular formula is C17H18F4N2O4S2. The summed E-state index contributed by atoms with van der Waals surface area (Å²) < 4.78 is 77.2. The standard InChI is InChI=1S/C17H18F4N2O4S2/c1-15(25,17(19,20)21)14(24)23-12-7-6-10(9-11(12)18)29(26,27)16(28-2)8-4-3-5-13(16)22/h3-9,13,25H,22H2,1-2H3,(H,23,24)/t13?,15-,16?/m1/s1. The second-order valence-electron chi connectivity index (χ2n) is 6.36. The van der Waals surface area contributed by atoms with Crippen LogP contribution in [0.1, 0.15) is 6.92 Å². The van der Waals surface area contributed by atoms with Crippen molar-refractivity contribution in [1.82, 2.24) is 0 Å². The van der Waals surface area contributed by atoms with E-state index in [1.807, 2.05) is 0 Å². The van der Waals surface area contributed by atoms with E-state index in [-0.39, 0.29) is 6.92 Å². The second-order valence-corrected chi connectivity index (χ2v) is 9.86. The van der Waals surface area contributed by atoms with Gasteiger partial charge in [-0.15, -0.1) is 11.8 Å². The number of alkyl halides is 3. The molecule has 0 spiro atoms. The second kappa shape index (κ2) is 7.74. The first-order chi connectivity index (χ1) is 13.2. The number of benzene rings is 1. The third kappa shape index (κ3) is 3.93. The van der Waals surface area contributed by atoms with E-state index in [2.05, 4.69) is 0 Å². The number of hydrogen-bond acceptors (Lipinski definition) is 6. The van der Waals surface area contributed by atoms with Crippen molar-refractivity contribution in [2.75, 3.05) is 11.6 Å². The highest BCUT2D eigenvalue weighted by Crippen LogP contribution is 2.41. The Morgan fingerprint density at radius 3 is 2.41 bits per heavy atom. The molecule has 2 rings (SSSR count). The van der Waals surface area contributed by atoms with Crippen LogP contribution in [-0.2, 0) is 14.6 Å². The molecular weight excluding hydrogens is 436 g/mol. The third-order valence-electron chi connectivity index (χ3n) is 4.45. The number of allylic oxidation sites excluding steroid dienone is 2. The van der Waals surface area contributed by atoms with E-state index >= 15 is 0 Å². The van der Waals surface area contributed by atoms with Gasteiger partial charge in [-0.3, -0.25) is 4.79 Å². The molecule has 0 aliphatic heterocycles. The average Bonchev–Trinajstić information content (AvgIpc) is 2.62. The van der Waals surface area contributed by atoms with Crippen LogP contribution in [0.3, 0.4) is 0 Å². The summed E-state index contributed by atoms with van der Waals surface area (Å²) >= 11 is 0.929. The molecule has 29 heavy (non-hydrogen) atoms. The highest BCUT2D eigenvalue weighted by Gasteiger charge is 2.56. The van der Waals surface area contributed by atoms with Crippen LogP contribution in [0.5, 0.6) is 0 Å². The molecule has 1 aliphatic carbocycles. The van der Waals surface area contributed by atoms with E-state index in [4.69, 9.17) is 5.73 Å². The summed E-state index contributed by atoms with van der Waals surface area (Å²) in [6.45, 7) is 0.214. The average molecular weight is 454 g/mol. The van der Waals surface area contributed by atoms with Crippen LogP contribution in [0.2, 0.25) is 0 Å². The maximum atomic E-state index is 14.4. The van der Waals surface area contributed by atoms with Gasteiger partial charge in [-0.05, 0) is 31.4 Å². The fourth-order valence-corrected chi connectivity index (χ4v) is 5.82. The number of halogens is 4. The summed E-state index contributed by atoms with van der Waals surface area (Å²) in [4.78, 5) is 11.2. The molecule has 3 atom stereocenters. The molecule has 0 saturated carbocycles. The van der Waals surface area contributed by atoms with Gasteiger partial charge in [0.15, 0.2) is 13.9 Å². The number of aliphatic hydroxyl groups is 1.